The Morgan fingerprint density at radius 1 is 1.41 bits per heavy atom. The van der Waals surface area contributed by atoms with Gasteiger partial charge in [0.2, 0.25) is 11.8 Å². The number of carbonyl (C=O) groups is 2. The minimum atomic E-state index is -0.450. The first-order valence-electron chi connectivity index (χ1n) is 5.34. The lowest BCUT2D eigenvalue weighted by Gasteiger charge is -2.35. The fourth-order valence-electron chi connectivity index (χ4n) is 1.80. The molecule has 0 spiro atoms. The largest absolute Gasteiger partial charge is 0.343 e. The van der Waals surface area contributed by atoms with Crippen molar-refractivity contribution in [3.8, 4) is 0 Å². The van der Waals surface area contributed by atoms with E-state index >= 15 is 0 Å². The molecular weight excluding hydrogens is 260 g/mol. The number of hydrogen-bond acceptors (Lipinski definition) is 3. The molecule has 4 nitrogen and oxygen atoms in total. The Morgan fingerprint density at radius 3 is 2.71 bits per heavy atom. The highest BCUT2D eigenvalue weighted by molar-refractivity contribution is 7.16. The topological polar surface area (TPSA) is 49.4 Å². The summed E-state index contributed by atoms with van der Waals surface area (Å²) in [6.45, 7) is 3.87. The minimum absolute atomic E-state index is 0.0541. The maximum atomic E-state index is 12.0. The van der Waals surface area contributed by atoms with Crippen LogP contribution in [0.4, 0.5) is 0 Å². The summed E-state index contributed by atoms with van der Waals surface area (Å²) in [6, 6.07) is 2.79. The second kappa shape index (κ2) is 4.66. The van der Waals surface area contributed by atoms with Crippen LogP contribution >= 0.6 is 22.9 Å². The zero-order chi connectivity index (χ0) is 12.6. The summed E-state index contributed by atoms with van der Waals surface area (Å²) in [5.74, 6) is -0.165. The molecule has 0 aromatic carbocycles. The van der Waals surface area contributed by atoms with Crippen LogP contribution in [0.1, 0.15) is 18.7 Å². The third-order valence-corrected chi connectivity index (χ3v) is 4.03. The number of carbonyl (C=O) groups excluding carboxylic acids is 2. The van der Waals surface area contributed by atoms with Crippen molar-refractivity contribution in [3.63, 3.8) is 0 Å². The van der Waals surface area contributed by atoms with Crippen molar-refractivity contribution in [1.82, 2.24) is 10.2 Å². The maximum Gasteiger partial charge on any atom is 0.245 e. The van der Waals surface area contributed by atoms with Gasteiger partial charge >= 0.3 is 0 Å². The summed E-state index contributed by atoms with van der Waals surface area (Å²) in [5, 5.41) is 2.65. The van der Waals surface area contributed by atoms with Gasteiger partial charge in [0.1, 0.15) is 12.1 Å². The molecule has 1 aromatic rings. The van der Waals surface area contributed by atoms with Crippen molar-refractivity contribution in [2.24, 2.45) is 0 Å². The zero-order valence-electron chi connectivity index (χ0n) is 9.57. The monoisotopic (exact) mass is 272 g/mol. The molecule has 2 unspecified atom stereocenters. The summed E-state index contributed by atoms with van der Waals surface area (Å²) >= 11 is 7.27. The number of rotatable bonds is 2. The van der Waals surface area contributed by atoms with Gasteiger partial charge in [-0.1, -0.05) is 11.6 Å². The quantitative estimate of drug-likeness (QED) is 0.890. The average molecular weight is 273 g/mol. The minimum Gasteiger partial charge on any atom is -0.343 e. The van der Waals surface area contributed by atoms with E-state index in [0.29, 0.717) is 10.9 Å². The van der Waals surface area contributed by atoms with Crippen LogP contribution in [0.2, 0.25) is 4.34 Å². The Labute approximate surface area is 109 Å². The Kier molecular flexibility index (Phi) is 3.40. The van der Waals surface area contributed by atoms with E-state index in [1.807, 2.05) is 6.07 Å². The smallest absolute Gasteiger partial charge is 0.245 e. The van der Waals surface area contributed by atoms with Crippen molar-refractivity contribution < 1.29 is 9.59 Å². The Morgan fingerprint density at radius 2 is 2.12 bits per heavy atom. The highest BCUT2D eigenvalue weighted by atomic mass is 35.5. The number of nitrogens with one attached hydrogen (secondary N) is 1. The number of halogens is 1. The molecule has 1 N–H and O–H groups in total. The Bertz CT molecular complexity index is 460. The van der Waals surface area contributed by atoms with E-state index in [2.05, 4.69) is 5.32 Å². The summed E-state index contributed by atoms with van der Waals surface area (Å²) in [4.78, 5) is 26.2. The van der Waals surface area contributed by atoms with Crippen LogP contribution in [-0.2, 0) is 16.1 Å². The van der Waals surface area contributed by atoms with E-state index in [0.717, 1.165) is 4.88 Å². The van der Waals surface area contributed by atoms with Gasteiger partial charge in [0.25, 0.3) is 0 Å². The molecule has 2 atom stereocenters. The van der Waals surface area contributed by atoms with E-state index < -0.39 is 12.1 Å². The van der Waals surface area contributed by atoms with E-state index in [1.165, 1.54) is 11.3 Å². The first-order chi connectivity index (χ1) is 7.99. The molecule has 1 aliphatic heterocycles. The lowest BCUT2D eigenvalue weighted by Crippen LogP contribution is -2.60. The fraction of sp³-hybridized carbons (Fsp3) is 0.455. The second-order valence-corrected chi connectivity index (χ2v) is 5.88. The normalized spacial score (nSPS) is 25.0. The predicted molar refractivity (Wildman–Crippen MR) is 66.9 cm³/mol. The lowest BCUT2D eigenvalue weighted by atomic mass is 10.1. The van der Waals surface area contributed by atoms with Crippen molar-refractivity contribution >= 4 is 34.8 Å². The van der Waals surface area contributed by atoms with Crippen LogP contribution in [0.5, 0.6) is 0 Å². The third kappa shape index (κ3) is 2.45. The van der Waals surface area contributed by atoms with Crippen LogP contribution in [0.3, 0.4) is 0 Å². The van der Waals surface area contributed by atoms with Gasteiger partial charge in [0, 0.05) is 4.88 Å². The van der Waals surface area contributed by atoms with Gasteiger partial charge in [-0.2, -0.15) is 0 Å². The van der Waals surface area contributed by atoms with Crippen LogP contribution in [-0.4, -0.2) is 28.8 Å². The standard InChI is InChI=1S/C11H13ClN2O2S/c1-6-11(16)14(7(2)10(15)13-6)5-8-3-4-9(12)17-8/h3-4,6-7H,5H2,1-2H3,(H,13,15). The molecule has 2 rings (SSSR count). The molecule has 0 radical (unpaired) electrons. The van der Waals surface area contributed by atoms with Crippen LogP contribution in [0.15, 0.2) is 12.1 Å². The molecule has 0 bridgehead atoms. The van der Waals surface area contributed by atoms with Gasteiger partial charge < -0.3 is 10.2 Å². The highest BCUT2D eigenvalue weighted by Crippen LogP contribution is 2.24. The van der Waals surface area contributed by atoms with Crippen molar-refractivity contribution in [3.05, 3.63) is 21.3 Å². The molecule has 17 heavy (non-hydrogen) atoms. The van der Waals surface area contributed by atoms with E-state index in [4.69, 9.17) is 11.6 Å². The number of amides is 2. The van der Waals surface area contributed by atoms with Gasteiger partial charge in [-0.25, -0.2) is 0 Å². The molecule has 6 heteroatoms. The number of thiophene rings is 1. The zero-order valence-corrected chi connectivity index (χ0v) is 11.1. The van der Waals surface area contributed by atoms with Crippen LogP contribution in [0.25, 0.3) is 0 Å². The SMILES string of the molecule is CC1NC(=O)C(C)N(Cc2ccc(Cl)s2)C1=O. The molecule has 1 saturated heterocycles. The molecule has 1 fully saturated rings. The molecular formula is C11H13ClN2O2S. The van der Waals surface area contributed by atoms with Gasteiger partial charge in [0.05, 0.1) is 10.9 Å². The molecule has 1 aromatic heterocycles. The van der Waals surface area contributed by atoms with Gasteiger partial charge in [-0.15, -0.1) is 11.3 Å². The van der Waals surface area contributed by atoms with Crippen molar-refractivity contribution in [2.75, 3.05) is 0 Å². The Hall–Kier alpha value is -1.07. The molecule has 92 valence electrons. The fourth-order valence-corrected chi connectivity index (χ4v) is 2.88. The summed E-state index contributed by atoms with van der Waals surface area (Å²) < 4.78 is 0.689. The van der Waals surface area contributed by atoms with E-state index in [-0.39, 0.29) is 11.8 Å². The van der Waals surface area contributed by atoms with E-state index in [9.17, 15) is 9.59 Å². The molecule has 0 saturated carbocycles. The molecule has 2 heterocycles. The lowest BCUT2D eigenvalue weighted by molar-refractivity contribution is -0.148. The number of nitrogens with zero attached hydrogens (tertiary/aromatic N) is 1. The van der Waals surface area contributed by atoms with Crippen LogP contribution in [0, 0.1) is 0 Å². The molecule has 0 aliphatic carbocycles. The van der Waals surface area contributed by atoms with Gasteiger partial charge in [0.15, 0.2) is 0 Å². The third-order valence-electron chi connectivity index (χ3n) is 2.81. The molecule has 2 amide bonds. The maximum absolute atomic E-state index is 12.0. The van der Waals surface area contributed by atoms with Crippen LogP contribution < -0.4 is 5.32 Å². The van der Waals surface area contributed by atoms with Gasteiger partial charge in [-0.3, -0.25) is 9.59 Å². The average Bonchev–Trinajstić information content (AvgIpc) is 2.68. The Balaban J connectivity index is 2.17. The van der Waals surface area contributed by atoms with Crippen molar-refractivity contribution in [1.29, 1.82) is 0 Å². The summed E-state index contributed by atoms with van der Waals surface area (Å²) in [7, 11) is 0. The predicted octanol–water partition coefficient (Wildman–Crippen LogP) is 1.64. The summed E-state index contributed by atoms with van der Waals surface area (Å²) in [6.07, 6.45) is 0. The highest BCUT2D eigenvalue weighted by Gasteiger charge is 2.35. The summed E-state index contributed by atoms with van der Waals surface area (Å²) in [5.41, 5.74) is 0. The van der Waals surface area contributed by atoms with Crippen molar-refractivity contribution in [2.45, 2.75) is 32.5 Å². The first kappa shape index (κ1) is 12.4. The number of piperazine rings is 1. The van der Waals surface area contributed by atoms with E-state index in [1.54, 1.807) is 24.8 Å². The molecule has 1 aliphatic rings. The van der Waals surface area contributed by atoms with Gasteiger partial charge in [-0.05, 0) is 26.0 Å². The number of hydrogen-bond donors (Lipinski definition) is 1. The second-order valence-electron chi connectivity index (χ2n) is 4.08. The first-order valence-corrected chi connectivity index (χ1v) is 6.53.